The second kappa shape index (κ2) is 7.22. The van der Waals surface area contributed by atoms with Gasteiger partial charge in [-0.2, -0.15) is 5.10 Å². The van der Waals surface area contributed by atoms with Crippen LogP contribution in [0.15, 0.2) is 88.4 Å². The second-order valence-corrected chi connectivity index (χ2v) is 6.94. The van der Waals surface area contributed by atoms with Crippen LogP contribution < -0.4 is 9.91 Å². The monoisotopic (exact) mass is 407 g/mol. The van der Waals surface area contributed by atoms with Gasteiger partial charge in [0.2, 0.25) is 0 Å². The third-order valence-corrected chi connectivity index (χ3v) is 5.02. The summed E-state index contributed by atoms with van der Waals surface area (Å²) in [5, 5.41) is 17.1. The number of phenols is 1. The topological polar surface area (TPSA) is 39.1 Å². The van der Waals surface area contributed by atoms with Gasteiger partial charge < -0.3 is 10.0 Å². The molecule has 26 heavy (non-hydrogen) atoms. The van der Waals surface area contributed by atoms with Crippen molar-refractivity contribution in [2.45, 2.75) is 0 Å². The van der Waals surface area contributed by atoms with Crippen LogP contribution >= 0.6 is 15.9 Å². The van der Waals surface area contributed by atoms with Gasteiger partial charge in [0.25, 0.3) is 0 Å². The zero-order valence-corrected chi connectivity index (χ0v) is 15.7. The molecule has 3 aromatic carbocycles. The van der Waals surface area contributed by atoms with E-state index in [-0.39, 0.29) is 5.75 Å². The highest BCUT2D eigenvalue weighted by atomic mass is 79.9. The molecule has 0 amide bonds. The Morgan fingerprint density at radius 2 is 1.54 bits per heavy atom. The van der Waals surface area contributed by atoms with Gasteiger partial charge in [0, 0.05) is 15.7 Å². The number of nitrogens with zero attached hydrogens (tertiary/aromatic N) is 3. The molecule has 0 fully saturated rings. The van der Waals surface area contributed by atoms with Gasteiger partial charge >= 0.3 is 0 Å². The predicted molar refractivity (Wildman–Crippen MR) is 110 cm³/mol. The van der Waals surface area contributed by atoms with Crippen molar-refractivity contribution in [1.82, 2.24) is 0 Å². The van der Waals surface area contributed by atoms with Crippen LogP contribution in [0, 0.1) is 0 Å². The first kappa shape index (κ1) is 16.7. The van der Waals surface area contributed by atoms with E-state index in [1.807, 2.05) is 65.7 Å². The molecular formula is C21H18BrN3O. The zero-order chi connectivity index (χ0) is 17.9. The molecule has 1 aliphatic heterocycles. The molecule has 0 spiro atoms. The predicted octanol–water partition coefficient (Wildman–Crippen LogP) is 4.84. The Morgan fingerprint density at radius 3 is 2.31 bits per heavy atom. The molecule has 4 nitrogen and oxygen atoms in total. The van der Waals surface area contributed by atoms with Crippen LogP contribution in [0.1, 0.15) is 5.56 Å². The van der Waals surface area contributed by atoms with E-state index < -0.39 is 0 Å². The first-order chi connectivity index (χ1) is 12.7. The van der Waals surface area contributed by atoms with Crippen molar-refractivity contribution in [3.8, 4) is 5.75 Å². The Balaban J connectivity index is 1.79. The van der Waals surface area contributed by atoms with E-state index in [0.29, 0.717) is 13.2 Å². The van der Waals surface area contributed by atoms with Gasteiger partial charge in [-0.15, -0.1) is 0 Å². The highest BCUT2D eigenvalue weighted by Crippen LogP contribution is 2.30. The number of hydrogen-bond acceptors (Lipinski definition) is 4. The molecule has 0 saturated carbocycles. The molecule has 5 heteroatoms. The molecule has 0 radical (unpaired) electrons. The lowest BCUT2D eigenvalue weighted by molar-refractivity contribution is 0.474. The van der Waals surface area contributed by atoms with Gasteiger partial charge in [0.15, 0.2) is 0 Å². The summed E-state index contributed by atoms with van der Waals surface area (Å²) in [6.45, 7) is 1.26. The summed E-state index contributed by atoms with van der Waals surface area (Å²) in [4.78, 5) is 2.24. The highest BCUT2D eigenvalue weighted by Gasteiger charge is 2.24. The number of aromatic hydroxyl groups is 1. The highest BCUT2D eigenvalue weighted by molar-refractivity contribution is 9.10. The molecule has 0 bridgehead atoms. The number of phenolic OH excluding ortho intramolecular Hbond substituents is 1. The minimum atomic E-state index is 0.244. The fraction of sp³-hybridized carbons (Fsp3) is 0.0952. The molecule has 0 atom stereocenters. The Hall–Kier alpha value is -2.79. The lowest BCUT2D eigenvalue weighted by Gasteiger charge is -2.36. The first-order valence-electron chi connectivity index (χ1n) is 8.40. The summed E-state index contributed by atoms with van der Waals surface area (Å²) in [6.07, 6.45) is 0. The lowest BCUT2D eigenvalue weighted by Crippen LogP contribution is -2.44. The van der Waals surface area contributed by atoms with E-state index in [4.69, 9.17) is 5.10 Å². The average Bonchev–Trinajstić information content (AvgIpc) is 2.69. The van der Waals surface area contributed by atoms with Crippen molar-refractivity contribution in [2.75, 3.05) is 23.1 Å². The Labute approximate surface area is 161 Å². The van der Waals surface area contributed by atoms with Crippen LogP contribution in [0.4, 0.5) is 11.4 Å². The fourth-order valence-electron chi connectivity index (χ4n) is 3.06. The summed E-state index contributed by atoms with van der Waals surface area (Å²) in [5.41, 5.74) is 3.69. The molecule has 4 rings (SSSR count). The zero-order valence-electron chi connectivity index (χ0n) is 14.1. The van der Waals surface area contributed by atoms with Gasteiger partial charge in [-0.05, 0) is 52.3 Å². The maximum Gasteiger partial charge on any atom is 0.124 e. The van der Waals surface area contributed by atoms with E-state index in [9.17, 15) is 5.11 Å². The molecule has 1 aliphatic rings. The van der Waals surface area contributed by atoms with Crippen molar-refractivity contribution >= 4 is 33.0 Å². The second-order valence-electron chi connectivity index (χ2n) is 6.09. The summed E-state index contributed by atoms with van der Waals surface area (Å²) < 4.78 is 0.982. The number of hydrogen-bond donors (Lipinski definition) is 1. The number of anilines is 2. The minimum Gasteiger partial charge on any atom is -0.507 e. The quantitative estimate of drug-likeness (QED) is 0.674. The van der Waals surface area contributed by atoms with Crippen LogP contribution in [0.2, 0.25) is 0 Å². The van der Waals surface area contributed by atoms with E-state index >= 15 is 0 Å². The van der Waals surface area contributed by atoms with Gasteiger partial charge in [-0.1, -0.05) is 42.5 Å². The molecule has 1 heterocycles. The number of para-hydroxylation sites is 3. The van der Waals surface area contributed by atoms with Crippen LogP contribution in [-0.4, -0.2) is 24.0 Å². The Bertz CT molecular complexity index is 943. The summed E-state index contributed by atoms with van der Waals surface area (Å²) >= 11 is 3.62. The van der Waals surface area contributed by atoms with E-state index in [1.165, 1.54) is 0 Å². The third kappa shape index (κ3) is 3.30. The molecule has 0 unspecified atom stereocenters. The minimum absolute atomic E-state index is 0.244. The van der Waals surface area contributed by atoms with Gasteiger partial charge in [0.1, 0.15) is 12.4 Å². The average molecular weight is 408 g/mol. The smallest absolute Gasteiger partial charge is 0.124 e. The third-order valence-electron chi connectivity index (χ3n) is 4.35. The molecule has 0 aliphatic carbocycles. The largest absolute Gasteiger partial charge is 0.507 e. The van der Waals surface area contributed by atoms with Crippen molar-refractivity contribution in [3.05, 3.63) is 88.9 Å². The number of benzene rings is 3. The Morgan fingerprint density at radius 1 is 0.846 bits per heavy atom. The van der Waals surface area contributed by atoms with Crippen molar-refractivity contribution in [3.63, 3.8) is 0 Å². The normalized spacial score (nSPS) is 14.3. The van der Waals surface area contributed by atoms with Crippen molar-refractivity contribution < 1.29 is 5.11 Å². The number of rotatable bonds is 3. The number of halogens is 1. The van der Waals surface area contributed by atoms with Crippen molar-refractivity contribution in [2.24, 2.45) is 5.10 Å². The van der Waals surface area contributed by atoms with E-state index in [2.05, 4.69) is 33.0 Å². The van der Waals surface area contributed by atoms with Crippen molar-refractivity contribution in [1.29, 1.82) is 0 Å². The summed E-state index contributed by atoms with van der Waals surface area (Å²) in [5.74, 6) is 0.244. The standard InChI is InChI=1S/C21H18BrN3O/c22-18-11-5-6-12-20(18)25-15-24(16-8-2-1-3-9-16)14-19(23-25)17-10-4-7-13-21(17)26/h1-13,26H,14-15H2. The molecule has 1 N–H and O–H groups in total. The van der Waals surface area contributed by atoms with Gasteiger partial charge in [0.05, 0.1) is 17.9 Å². The molecule has 3 aromatic rings. The fourth-order valence-corrected chi connectivity index (χ4v) is 3.55. The first-order valence-corrected chi connectivity index (χ1v) is 9.19. The lowest BCUT2D eigenvalue weighted by atomic mass is 10.1. The summed E-state index contributed by atoms with van der Waals surface area (Å²) in [6, 6.07) is 25.6. The van der Waals surface area contributed by atoms with E-state index in [1.54, 1.807) is 6.07 Å². The SMILES string of the molecule is Oc1ccccc1C1=NN(c2ccccc2Br)CN(c2ccccc2)C1. The molecule has 130 valence electrons. The molecule has 0 saturated heterocycles. The van der Waals surface area contributed by atoms with Crippen LogP contribution in [0.25, 0.3) is 0 Å². The van der Waals surface area contributed by atoms with Crippen LogP contribution in [0.5, 0.6) is 5.75 Å². The van der Waals surface area contributed by atoms with Crippen LogP contribution in [-0.2, 0) is 0 Å². The number of hydrazone groups is 1. The Kier molecular flexibility index (Phi) is 4.63. The van der Waals surface area contributed by atoms with E-state index in [0.717, 1.165) is 27.1 Å². The maximum absolute atomic E-state index is 10.3. The molecule has 0 aromatic heterocycles. The van der Waals surface area contributed by atoms with Gasteiger partial charge in [-0.3, -0.25) is 0 Å². The summed E-state index contributed by atoms with van der Waals surface area (Å²) in [7, 11) is 0. The maximum atomic E-state index is 10.3. The van der Waals surface area contributed by atoms with Gasteiger partial charge in [-0.25, -0.2) is 5.01 Å². The van der Waals surface area contributed by atoms with Crippen LogP contribution in [0.3, 0.4) is 0 Å². The molecular weight excluding hydrogens is 390 g/mol.